The van der Waals surface area contributed by atoms with Gasteiger partial charge in [-0.05, 0) is 79.9 Å². The summed E-state index contributed by atoms with van der Waals surface area (Å²) in [5.41, 5.74) is 2.15. The molecule has 0 amide bonds. The van der Waals surface area contributed by atoms with Gasteiger partial charge in [0.25, 0.3) is 0 Å². The van der Waals surface area contributed by atoms with E-state index in [0.29, 0.717) is 50.8 Å². The highest BCUT2D eigenvalue weighted by molar-refractivity contribution is 6.35. The van der Waals surface area contributed by atoms with Gasteiger partial charge < -0.3 is 29.7 Å². The third-order valence-electron chi connectivity index (χ3n) is 9.16. The Morgan fingerprint density at radius 1 is 0.960 bits per heavy atom. The summed E-state index contributed by atoms with van der Waals surface area (Å²) >= 11 is 12.9. The van der Waals surface area contributed by atoms with Gasteiger partial charge in [-0.3, -0.25) is 4.90 Å². The Kier molecular flexibility index (Phi) is 12.2. The summed E-state index contributed by atoms with van der Waals surface area (Å²) in [6.07, 6.45) is 4.30. The maximum Gasteiger partial charge on any atom is 0.338 e. The first kappa shape index (κ1) is 36.9. The van der Waals surface area contributed by atoms with Crippen LogP contribution in [0.3, 0.4) is 0 Å². The molecule has 3 N–H and O–H groups in total. The van der Waals surface area contributed by atoms with E-state index in [0.717, 1.165) is 25.9 Å². The number of methoxy groups -OCH3 is 2. The van der Waals surface area contributed by atoms with E-state index in [-0.39, 0.29) is 29.1 Å². The molecule has 3 aliphatic rings. The van der Waals surface area contributed by atoms with Crippen LogP contribution in [0.4, 0.5) is 10.1 Å². The Bertz CT molecular complexity index is 1780. The Balaban J connectivity index is 0.00000486. The second-order valence-corrected chi connectivity index (χ2v) is 12.9. The highest BCUT2D eigenvalue weighted by Gasteiger charge is 2.38. The summed E-state index contributed by atoms with van der Waals surface area (Å²) < 4.78 is 37.9. The summed E-state index contributed by atoms with van der Waals surface area (Å²) in [7, 11) is 3.06. The highest BCUT2D eigenvalue weighted by Crippen LogP contribution is 2.36. The van der Waals surface area contributed by atoms with Crippen molar-refractivity contribution in [2.45, 2.75) is 37.5 Å². The highest BCUT2D eigenvalue weighted by atomic mass is 35.5. The second-order valence-electron chi connectivity index (χ2n) is 12.1. The van der Waals surface area contributed by atoms with Crippen molar-refractivity contribution in [1.29, 1.82) is 0 Å². The van der Waals surface area contributed by atoms with E-state index in [1.807, 2.05) is 0 Å². The fourth-order valence-corrected chi connectivity index (χ4v) is 6.97. The van der Waals surface area contributed by atoms with E-state index < -0.39 is 29.9 Å². The Morgan fingerprint density at radius 2 is 1.64 bits per heavy atom. The van der Waals surface area contributed by atoms with E-state index in [1.54, 1.807) is 73.1 Å². The van der Waals surface area contributed by atoms with E-state index in [9.17, 15) is 9.59 Å². The fourth-order valence-electron chi connectivity index (χ4n) is 6.44. The number of nitrogens with one attached hydrogen (secondary N) is 2. The predicted octanol–water partition coefficient (Wildman–Crippen LogP) is 6.72. The first-order valence-electron chi connectivity index (χ1n) is 16.0. The zero-order valence-electron chi connectivity index (χ0n) is 27.5. The lowest BCUT2D eigenvalue weighted by molar-refractivity contribution is -0.377. The lowest BCUT2D eigenvalue weighted by Crippen LogP contribution is -2.52. The number of halogens is 3. The number of hydrogen-bond donors (Lipinski definition) is 1. The molecule has 2 bridgehead atoms. The van der Waals surface area contributed by atoms with Crippen molar-refractivity contribution < 1.29 is 43.4 Å². The molecule has 1 aromatic heterocycles. The van der Waals surface area contributed by atoms with E-state index in [2.05, 4.69) is 15.2 Å². The van der Waals surface area contributed by atoms with Gasteiger partial charge in [-0.15, -0.1) is 0 Å². The Morgan fingerprint density at radius 3 is 2.26 bits per heavy atom. The van der Waals surface area contributed by atoms with Gasteiger partial charge in [0, 0.05) is 29.8 Å². The number of anilines is 1. The van der Waals surface area contributed by atoms with E-state index >= 15 is 4.39 Å². The van der Waals surface area contributed by atoms with Crippen LogP contribution < -0.4 is 19.8 Å². The lowest BCUT2D eigenvalue weighted by atomic mass is 9.86. The van der Waals surface area contributed by atoms with Crippen LogP contribution in [0.2, 0.25) is 10.0 Å². The lowest BCUT2D eigenvalue weighted by Gasteiger charge is -2.44. The number of piperidine rings is 3. The zero-order chi connectivity index (χ0) is 34.5. The number of carbonyl (C=O) groups is 2. The summed E-state index contributed by atoms with van der Waals surface area (Å²) in [6.45, 7) is 2.69. The third kappa shape index (κ3) is 8.30. The van der Waals surface area contributed by atoms with Gasteiger partial charge in [0.15, 0.2) is 29.9 Å². The predicted molar refractivity (Wildman–Crippen MR) is 185 cm³/mol. The molecule has 4 aromatic rings. The molecular weight excluding hydrogens is 688 g/mol. The minimum absolute atomic E-state index is 0. The number of H-pyrrole nitrogens is 1. The van der Waals surface area contributed by atoms with Gasteiger partial charge >= 0.3 is 11.9 Å². The van der Waals surface area contributed by atoms with Gasteiger partial charge in [-0.25, -0.2) is 19.0 Å². The van der Waals surface area contributed by atoms with Crippen LogP contribution >= 0.6 is 23.2 Å². The SMILES string of the molecule is COc1ccc(C(Cc2c(Cl)c[nH+]cc2Cl)OC(=O)c2ccc(NC(C(=O)O[C@H]3CN4CCC3CC4)c3ccccc3F)cc2)cc1OC.[OH-]. The summed E-state index contributed by atoms with van der Waals surface area (Å²) in [6, 6.07) is 16.7. The smallest absolute Gasteiger partial charge is 0.338 e. The number of ether oxygens (including phenoxy) is 4. The normalized spacial score (nSPS) is 19.0. The first-order chi connectivity index (χ1) is 23.7. The van der Waals surface area contributed by atoms with Crippen LogP contribution in [0, 0.1) is 11.7 Å². The number of esters is 2. The van der Waals surface area contributed by atoms with Gasteiger partial charge in [0.2, 0.25) is 0 Å². The van der Waals surface area contributed by atoms with Crippen LogP contribution in [-0.2, 0) is 20.7 Å². The number of nitrogens with zero attached hydrogens (tertiary/aromatic N) is 1. The fraction of sp³-hybridized carbons (Fsp3) is 0.324. The Hall–Kier alpha value is -4.42. The molecule has 2 unspecified atom stereocenters. The molecule has 13 heteroatoms. The molecule has 0 aliphatic carbocycles. The number of pyridine rings is 1. The van der Waals surface area contributed by atoms with Crippen molar-refractivity contribution in [3.05, 3.63) is 117 Å². The van der Waals surface area contributed by atoms with Crippen molar-refractivity contribution in [3.63, 3.8) is 0 Å². The summed E-state index contributed by atoms with van der Waals surface area (Å²) in [5.74, 6) is -0.397. The Labute approximate surface area is 299 Å². The number of hydrogen-bond acceptors (Lipinski definition) is 9. The number of rotatable bonds is 12. The number of aromatic amines is 1. The molecule has 3 saturated heterocycles. The molecule has 7 rings (SSSR count). The third-order valence-corrected chi connectivity index (χ3v) is 9.84. The maximum absolute atomic E-state index is 15.0. The van der Waals surface area contributed by atoms with Crippen molar-refractivity contribution in [1.82, 2.24) is 4.90 Å². The quantitative estimate of drug-likeness (QED) is 0.158. The molecule has 264 valence electrons. The zero-order valence-corrected chi connectivity index (χ0v) is 29.0. The number of fused-ring (bicyclic) bond motifs is 3. The molecule has 3 aromatic carbocycles. The molecule has 3 atom stereocenters. The van der Waals surface area contributed by atoms with Crippen LogP contribution in [0.1, 0.15) is 52.0 Å². The molecular formula is C37H38Cl2FN3O7. The molecule has 50 heavy (non-hydrogen) atoms. The molecule has 3 fully saturated rings. The van der Waals surface area contributed by atoms with Crippen LogP contribution in [0.25, 0.3) is 0 Å². The van der Waals surface area contributed by atoms with Crippen LogP contribution in [0.5, 0.6) is 11.5 Å². The minimum atomic E-state index is -1.10. The molecule has 0 spiro atoms. The summed E-state index contributed by atoms with van der Waals surface area (Å²) in [5, 5.41) is 3.91. The topological polar surface area (TPSA) is 130 Å². The van der Waals surface area contributed by atoms with Gasteiger partial charge in [-0.2, -0.15) is 0 Å². The van der Waals surface area contributed by atoms with Gasteiger partial charge in [0.1, 0.15) is 28.1 Å². The van der Waals surface area contributed by atoms with Gasteiger partial charge in [0.05, 0.1) is 19.8 Å². The number of carbonyl (C=O) groups excluding carboxylic acids is 2. The number of benzene rings is 3. The maximum atomic E-state index is 15.0. The van der Waals surface area contributed by atoms with E-state index in [1.165, 1.54) is 20.3 Å². The average Bonchev–Trinajstić information content (AvgIpc) is 3.12. The monoisotopic (exact) mass is 725 g/mol. The van der Waals surface area contributed by atoms with Crippen molar-refractivity contribution >= 4 is 40.8 Å². The summed E-state index contributed by atoms with van der Waals surface area (Å²) in [4.78, 5) is 32.3. The number of aromatic nitrogens is 1. The van der Waals surface area contributed by atoms with Crippen LogP contribution in [-0.4, -0.2) is 62.3 Å². The molecule has 4 heterocycles. The molecule has 0 saturated carbocycles. The van der Waals surface area contributed by atoms with E-state index in [4.69, 9.17) is 42.1 Å². The first-order valence-corrected chi connectivity index (χ1v) is 16.8. The second kappa shape index (κ2) is 16.5. The van der Waals surface area contributed by atoms with Crippen molar-refractivity contribution in [2.24, 2.45) is 5.92 Å². The average molecular weight is 727 g/mol. The van der Waals surface area contributed by atoms with Crippen molar-refractivity contribution in [3.8, 4) is 11.5 Å². The molecule has 3 aliphatic heterocycles. The van der Waals surface area contributed by atoms with Crippen LogP contribution in [0.15, 0.2) is 79.1 Å². The minimum Gasteiger partial charge on any atom is -0.870 e. The standard InChI is InChI=1S/C37H36Cl2FN3O6.H2O/c1-46-31-12-9-24(17-33(31)47-2)32(18-27-28(38)19-41-20-29(27)39)48-36(44)23-7-10-25(11-8-23)42-35(26-5-3-4-6-30(26)40)37(45)49-34-21-43-15-13-22(34)14-16-43;/h3-12,17,19-20,22,32,34-35,42H,13-16,18,21H2,1-2H3;1H2/t32?,34-,35?;/m0./s1. The van der Waals surface area contributed by atoms with Gasteiger partial charge in [-0.1, -0.05) is 47.5 Å². The largest absolute Gasteiger partial charge is 0.870 e. The molecule has 10 nitrogen and oxygen atoms in total. The van der Waals surface area contributed by atoms with Crippen molar-refractivity contribution in [2.75, 3.05) is 39.2 Å². The molecule has 0 radical (unpaired) electrons.